The van der Waals surface area contributed by atoms with Crippen LogP contribution in [0, 0.1) is 0 Å². The molecule has 1 rings (SSSR count). The summed E-state index contributed by atoms with van der Waals surface area (Å²) in [7, 11) is 4.18. The van der Waals surface area contributed by atoms with Crippen LogP contribution in [0.15, 0.2) is 0 Å². The molecule has 0 aliphatic carbocycles. The molecule has 0 saturated carbocycles. The van der Waals surface area contributed by atoms with Crippen molar-refractivity contribution in [2.45, 2.75) is 30.8 Å². The van der Waals surface area contributed by atoms with Crippen molar-refractivity contribution < 1.29 is 0 Å². The Morgan fingerprint density at radius 1 is 0.783 bits per heavy atom. The number of alkyl halides is 4. The van der Waals surface area contributed by atoms with Crippen molar-refractivity contribution in [3.05, 3.63) is 0 Å². The molecule has 2 nitrogen and oxygen atoms in total. The molecule has 2 atom stereocenters. The summed E-state index contributed by atoms with van der Waals surface area (Å²) in [5, 5.41) is 0. The molecule has 1 heterocycles. The van der Waals surface area contributed by atoms with Crippen molar-refractivity contribution in [3.63, 3.8) is 0 Å². The van der Waals surface area contributed by atoms with E-state index >= 15 is 0 Å². The third kappa shape index (κ3) is 4.95. The molecular weight excluding hydrogens is 416 g/mol. The molecule has 0 bridgehead atoms. The Labute approximate surface area is 166 Å². The predicted octanol–water partition coefficient (Wildman–Crippen LogP) is 5.35. The van der Waals surface area contributed by atoms with E-state index in [4.69, 9.17) is 57.6 Å². The van der Waals surface area contributed by atoms with Crippen LogP contribution < -0.4 is 0 Å². The van der Waals surface area contributed by atoms with Crippen LogP contribution in [0.2, 0.25) is 0 Å². The molecule has 8 heteroatoms. The molecule has 2 unspecified atom stereocenters. The second kappa shape index (κ2) is 10.2. The summed E-state index contributed by atoms with van der Waals surface area (Å²) in [5.74, 6) is -0.205. The van der Waals surface area contributed by atoms with Crippen molar-refractivity contribution in [2.24, 2.45) is 0 Å². The SMILES string of the molecule is CN(CCCl)C(CCl)P1(Cl)(C(CCl)N(C)CCCl)CCCCC1. The third-order valence-corrected chi connectivity index (χ3v) is 15.7. The Morgan fingerprint density at radius 2 is 1.17 bits per heavy atom. The van der Waals surface area contributed by atoms with Crippen molar-refractivity contribution in [2.75, 3.05) is 63.0 Å². The monoisotopic (exact) mass is 444 g/mol. The van der Waals surface area contributed by atoms with Gasteiger partial charge in [-0.15, -0.1) is 0 Å². The molecule has 0 amide bonds. The van der Waals surface area contributed by atoms with Gasteiger partial charge >= 0.3 is 167 Å². The molecule has 1 fully saturated rings. The van der Waals surface area contributed by atoms with E-state index in [1.54, 1.807) is 0 Å². The van der Waals surface area contributed by atoms with Gasteiger partial charge in [-0.2, -0.15) is 0 Å². The van der Waals surface area contributed by atoms with Crippen LogP contribution in [-0.4, -0.2) is 84.4 Å². The summed E-state index contributed by atoms with van der Waals surface area (Å²) in [6.45, 7) is 1.58. The van der Waals surface area contributed by atoms with Gasteiger partial charge in [-0.1, -0.05) is 0 Å². The van der Waals surface area contributed by atoms with Crippen LogP contribution in [-0.2, 0) is 0 Å². The fraction of sp³-hybridized carbons (Fsp3) is 1.00. The first-order chi connectivity index (χ1) is 10.9. The summed E-state index contributed by atoms with van der Waals surface area (Å²) in [6.07, 6.45) is 5.65. The molecule has 0 N–H and O–H groups in total. The first kappa shape index (κ1) is 22.8. The molecule has 1 saturated heterocycles. The quantitative estimate of drug-likeness (QED) is 0.330. The minimum absolute atomic E-state index is 0.143. The third-order valence-electron chi connectivity index (χ3n) is 5.40. The van der Waals surface area contributed by atoms with Gasteiger partial charge < -0.3 is 0 Å². The summed E-state index contributed by atoms with van der Waals surface area (Å²) in [4.78, 5) is 4.54. The maximum atomic E-state index is 7.72. The first-order valence-corrected chi connectivity index (χ1v) is 14.0. The molecule has 0 aromatic rings. The first-order valence-electron chi connectivity index (χ1n) is 8.25. The molecule has 0 aromatic carbocycles. The molecule has 0 spiro atoms. The van der Waals surface area contributed by atoms with Crippen molar-refractivity contribution >= 4 is 63.6 Å². The average Bonchev–Trinajstić information content (AvgIpc) is 2.49. The van der Waals surface area contributed by atoms with Gasteiger partial charge in [0, 0.05) is 0 Å². The summed E-state index contributed by atoms with van der Waals surface area (Å²) < 4.78 is 0. The van der Waals surface area contributed by atoms with Crippen molar-refractivity contribution in [1.29, 1.82) is 0 Å². The molecule has 140 valence electrons. The fourth-order valence-corrected chi connectivity index (χ4v) is 16.0. The molecule has 0 aromatic heterocycles. The Hall–Kier alpha value is 1.80. The predicted molar refractivity (Wildman–Crippen MR) is 112 cm³/mol. The minimum atomic E-state index is -2.70. The Balaban J connectivity index is 3.30. The Bertz CT molecular complexity index is 331. The van der Waals surface area contributed by atoms with Gasteiger partial charge in [0.05, 0.1) is 0 Å². The standard InChI is InChI=1S/C15H30Cl5N2P/c1-21(8-6-16)14(12-18)23(20,10-4-3-5-11-23)15(13-19)22(2)9-7-17/h14-15H,3-13H2,1-2H3. The van der Waals surface area contributed by atoms with Gasteiger partial charge in [-0.25, -0.2) is 0 Å². The topological polar surface area (TPSA) is 6.48 Å². The molecule has 1 aliphatic heterocycles. The fourth-order valence-electron chi connectivity index (χ4n) is 4.08. The van der Waals surface area contributed by atoms with Crippen LogP contribution in [0.25, 0.3) is 0 Å². The second-order valence-corrected chi connectivity index (χ2v) is 15.8. The van der Waals surface area contributed by atoms with Gasteiger partial charge in [0.1, 0.15) is 0 Å². The van der Waals surface area contributed by atoms with Gasteiger partial charge in [-0.3, -0.25) is 0 Å². The Kier molecular flexibility index (Phi) is 10.1. The van der Waals surface area contributed by atoms with E-state index in [1.807, 2.05) is 0 Å². The molecular formula is C15H30Cl5N2P. The van der Waals surface area contributed by atoms with E-state index < -0.39 is 5.96 Å². The zero-order chi connectivity index (χ0) is 17.5. The zero-order valence-electron chi connectivity index (χ0n) is 14.2. The number of nitrogens with zero attached hydrogens (tertiary/aromatic N) is 2. The zero-order valence-corrected chi connectivity index (χ0v) is 18.8. The van der Waals surface area contributed by atoms with Gasteiger partial charge in [-0.05, 0) is 0 Å². The van der Waals surface area contributed by atoms with Crippen LogP contribution in [0.4, 0.5) is 0 Å². The average molecular weight is 447 g/mol. The normalized spacial score (nSPS) is 25.0. The summed E-state index contributed by atoms with van der Waals surface area (Å²) >= 11 is 32.6. The van der Waals surface area contributed by atoms with Crippen LogP contribution in [0.5, 0.6) is 0 Å². The number of hydrogen-bond acceptors (Lipinski definition) is 2. The Morgan fingerprint density at radius 3 is 1.48 bits per heavy atom. The number of halogens is 5. The van der Waals surface area contributed by atoms with Crippen LogP contribution in [0.3, 0.4) is 0 Å². The maximum absolute atomic E-state index is 7.72. The summed E-state index contributed by atoms with van der Waals surface area (Å²) in [5.41, 5.74) is 0. The molecule has 1 aliphatic rings. The van der Waals surface area contributed by atoms with Crippen molar-refractivity contribution in [1.82, 2.24) is 9.80 Å². The van der Waals surface area contributed by atoms with E-state index in [2.05, 4.69) is 23.9 Å². The van der Waals surface area contributed by atoms with Gasteiger partial charge in [0.2, 0.25) is 0 Å². The van der Waals surface area contributed by atoms with E-state index in [9.17, 15) is 0 Å². The van der Waals surface area contributed by atoms with Gasteiger partial charge in [0.25, 0.3) is 0 Å². The summed E-state index contributed by atoms with van der Waals surface area (Å²) in [6, 6.07) is 0. The number of rotatable bonds is 10. The van der Waals surface area contributed by atoms with E-state index in [1.165, 1.54) is 6.42 Å². The number of hydrogen-bond donors (Lipinski definition) is 0. The van der Waals surface area contributed by atoms with Crippen LogP contribution >= 0.6 is 63.6 Å². The second-order valence-electron chi connectivity index (χ2n) is 6.65. The van der Waals surface area contributed by atoms with E-state index in [0.29, 0.717) is 23.5 Å². The van der Waals surface area contributed by atoms with Gasteiger partial charge in [0.15, 0.2) is 0 Å². The van der Waals surface area contributed by atoms with E-state index in [-0.39, 0.29) is 11.6 Å². The molecule has 23 heavy (non-hydrogen) atoms. The van der Waals surface area contributed by atoms with Crippen LogP contribution in [0.1, 0.15) is 19.3 Å². The van der Waals surface area contributed by atoms with E-state index in [0.717, 1.165) is 38.3 Å². The van der Waals surface area contributed by atoms with Crippen molar-refractivity contribution in [3.8, 4) is 0 Å². The molecule has 0 radical (unpaired) electrons.